The maximum atomic E-state index is 12.3. The molecule has 0 spiro atoms. The number of ether oxygens (including phenoxy) is 1. The number of carbonyl (C=O) groups excluding carboxylic acids is 2. The summed E-state index contributed by atoms with van der Waals surface area (Å²) >= 11 is 6.48. The number of hydrogen-bond donors (Lipinski definition) is 1. The van der Waals surface area contributed by atoms with Gasteiger partial charge in [0.1, 0.15) is 5.15 Å². The lowest BCUT2D eigenvalue weighted by molar-refractivity contribution is -0.148. The van der Waals surface area contributed by atoms with Gasteiger partial charge >= 0.3 is 5.97 Å². The summed E-state index contributed by atoms with van der Waals surface area (Å²) in [6.45, 7) is 3.17. The van der Waals surface area contributed by atoms with E-state index in [9.17, 15) is 18.4 Å². The van der Waals surface area contributed by atoms with E-state index >= 15 is 0 Å². The van der Waals surface area contributed by atoms with Crippen LogP contribution in [0, 0.1) is 6.92 Å². The first-order chi connectivity index (χ1) is 13.2. The number of aromatic nitrogens is 2. The second kappa shape index (κ2) is 9.70. The zero-order valence-corrected chi connectivity index (χ0v) is 16.9. The Morgan fingerprint density at radius 3 is 2.50 bits per heavy atom. The number of benzene rings is 1. The Labute approximate surface area is 169 Å². The van der Waals surface area contributed by atoms with E-state index < -0.39 is 23.7 Å². The highest BCUT2D eigenvalue weighted by Gasteiger charge is 2.17. The Balaban J connectivity index is 1.90. The van der Waals surface area contributed by atoms with E-state index in [-0.39, 0.29) is 0 Å². The molecule has 1 atom stereocenters. The van der Waals surface area contributed by atoms with Crippen molar-refractivity contribution in [2.75, 3.05) is 5.32 Å². The first-order valence-corrected chi connectivity index (χ1v) is 9.36. The van der Waals surface area contributed by atoms with E-state index in [0.29, 0.717) is 38.8 Å². The lowest BCUT2D eigenvalue weighted by Crippen LogP contribution is -2.29. The van der Waals surface area contributed by atoms with Crippen molar-refractivity contribution in [3.63, 3.8) is 0 Å². The van der Waals surface area contributed by atoms with Crippen molar-refractivity contribution in [1.82, 2.24) is 9.78 Å². The van der Waals surface area contributed by atoms with Crippen molar-refractivity contribution in [3.05, 3.63) is 46.8 Å². The maximum absolute atomic E-state index is 12.3. The van der Waals surface area contributed by atoms with Gasteiger partial charge in [0.25, 0.3) is 11.7 Å². The van der Waals surface area contributed by atoms with Crippen molar-refractivity contribution in [3.8, 4) is 0 Å². The third-order valence-electron chi connectivity index (χ3n) is 3.59. The van der Waals surface area contributed by atoms with Crippen LogP contribution in [0.5, 0.6) is 0 Å². The SMILES string of the molecule is Cc1nn(C)c(Cl)c1/C=C/C(=O)OC(C)C(=O)Nc1ccc(SC(F)F)cc1. The third kappa shape index (κ3) is 6.07. The predicted octanol–water partition coefficient (Wildman–Crippen LogP) is 4.28. The molecule has 10 heteroatoms. The number of thioether (sulfide) groups is 1. The van der Waals surface area contributed by atoms with Crippen LogP contribution in [0.25, 0.3) is 6.08 Å². The Bertz CT molecular complexity index is 885. The molecule has 150 valence electrons. The monoisotopic (exact) mass is 429 g/mol. The summed E-state index contributed by atoms with van der Waals surface area (Å²) in [6, 6.07) is 5.91. The van der Waals surface area contributed by atoms with Crippen LogP contribution in [0.4, 0.5) is 14.5 Å². The van der Waals surface area contributed by atoms with E-state index in [1.807, 2.05) is 0 Å². The van der Waals surface area contributed by atoms with Gasteiger partial charge in [0.15, 0.2) is 6.10 Å². The van der Waals surface area contributed by atoms with Crippen LogP contribution in [0.2, 0.25) is 5.15 Å². The van der Waals surface area contributed by atoms with Crippen LogP contribution in [0.15, 0.2) is 35.2 Å². The quantitative estimate of drug-likeness (QED) is 0.404. The van der Waals surface area contributed by atoms with Crippen LogP contribution < -0.4 is 5.32 Å². The zero-order chi connectivity index (χ0) is 20.8. The van der Waals surface area contributed by atoms with E-state index in [4.69, 9.17) is 16.3 Å². The summed E-state index contributed by atoms with van der Waals surface area (Å²) < 4.78 is 31.1. The molecule has 0 saturated heterocycles. The summed E-state index contributed by atoms with van der Waals surface area (Å²) in [5.41, 5.74) is 1.63. The van der Waals surface area contributed by atoms with Gasteiger partial charge in [0, 0.05) is 29.3 Å². The zero-order valence-electron chi connectivity index (χ0n) is 15.3. The maximum Gasteiger partial charge on any atom is 0.331 e. The minimum absolute atomic E-state index is 0.376. The van der Waals surface area contributed by atoms with Gasteiger partial charge in [-0.1, -0.05) is 23.4 Å². The number of halogens is 3. The Morgan fingerprint density at radius 1 is 1.32 bits per heavy atom. The molecule has 0 radical (unpaired) electrons. The van der Waals surface area contributed by atoms with Gasteiger partial charge in [-0.3, -0.25) is 9.48 Å². The highest BCUT2D eigenvalue weighted by atomic mass is 35.5. The number of amides is 1. The normalized spacial score (nSPS) is 12.4. The molecular formula is C18H18ClF2N3O3S. The van der Waals surface area contributed by atoms with Gasteiger partial charge in [-0.2, -0.15) is 13.9 Å². The molecule has 1 unspecified atom stereocenters. The molecule has 0 aliphatic carbocycles. The highest BCUT2D eigenvalue weighted by molar-refractivity contribution is 7.99. The van der Waals surface area contributed by atoms with Crippen molar-refractivity contribution in [1.29, 1.82) is 0 Å². The summed E-state index contributed by atoms with van der Waals surface area (Å²) in [6.07, 6.45) is 1.57. The number of rotatable bonds is 7. The molecule has 28 heavy (non-hydrogen) atoms. The number of nitrogens with one attached hydrogen (secondary N) is 1. The standard InChI is InChI=1S/C18H18ClF2N3O3S/c1-10-14(16(19)24(3)23-10)8-9-15(25)27-11(2)17(26)22-12-4-6-13(7-5-12)28-18(20)21/h4-9,11,18H,1-3H3,(H,22,26)/b9-8+. The van der Waals surface area contributed by atoms with Crippen LogP contribution in [-0.2, 0) is 21.4 Å². The van der Waals surface area contributed by atoms with Gasteiger partial charge in [-0.05, 0) is 44.2 Å². The average molecular weight is 430 g/mol. The van der Waals surface area contributed by atoms with Gasteiger partial charge in [-0.15, -0.1) is 0 Å². The lowest BCUT2D eigenvalue weighted by Gasteiger charge is -2.12. The fourth-order valence-corrected chi connectivity index (χ4v) is 2.95. The van der Waals surface area contributed by atoms with Crippen molar-refractivity contribution >= 4 is 47.0 Å². The van der Waals surface area contributed by atoms with Gasteiger partial charge in [0.05, 0.1) is 5.69 Å². The van der Waals surface area contributed by atoms with Crippen LogP contribution >= 0.6 is 23.4 Å². The van der Waals surface area contributed by atoms with Gasteiger partial charge in [0.2, 0.25) is 0 Å². The molecule has 0 saturated carbocycles. The summed E-state index contributed by atoms with van der Waals surface area (Å²) in [7, 11) is 1.68. The van der Waals surface area contributed by atoms with Crippen LogP contribution in [0.3, 0.4) is 0 Å². The molecule has 0 bridgehead atoms. The van der Waals surface area contributed by atoms with Crippen molar-refractivity contribution in [2.24, 2.45) is 7.05 Å². The van der Waals surface area contributed by atoms with Crippen molar-refractivity contribution in [2.45, 2.75) is 30.6 Å². The van der Waals surface area contributed by atoms with E-state index in [1.165, 1.54) is 41.9 Å². The number of esters is 1. The summed E-state index contributed by atoms with van der Waals surface area (Å²) in [5.74, 6) is -3.78. The van der Waals surface area contributed by atoms with E-state index in [2.05, 4.69) is 10.4 Å². The molecule has 0 fully saturated rings. The third-order valence-corrected chi connectivity index (χ3v) is 4.76. The molecule has 1 aromatic carbocycles. The average Bonchev–Trinajstić information content (AvgIpc) is 2.86. The molecule has 1 N–H and O–H groups in total. The van der Waals surface area contributed by atoms with Crippen LogP contribution in [0.1, 0.15) is 18.2 Å². The molecule has 1 aromatic heterocycles. The number of aryl methyl sites for hydroxylation is 2. The van der Waals surface area contributed by atoms with E-state index in [0.717, 1.165) is 6.08 Å². The first kappa shape index (κ1) is 21.9. The smallest absolute Gasteiger partial charge is 0.331 e. The number of nitrogens with zero attached hydrogens (tertiary/aromatic N) is 2. The second-order valence-corrected chi connectivity index (χ2v) is 7.14. The minimum atomic E-state index is -2.52. The molecule has 2 rings (SSSR count). The van der Waals surface area contributed by atoms with Crippen LogP contribution in [-0.4, -0.2) is 33.5 Å². The number of hydrogen-bond acceptors (Lipinski definition) is 5. The lowest BCUT2D eigenvalue weighted by atomic mass is 10.2. The molecule has 0 aliphatic heterocycles. The molecule has 2 aromatic rings. The van der Waals surface area contributed by atoms with Crippen molar-refractivity contribution < 1.29 is 23.1 Å². The Morgan fingerprint density at radius 2 is 1.96 bits per heavy atom. The topological polar surface area (TPSA) is 73.2 Å². The number of carbonyl (C=O) groups is 2. The fourth-order valence-electron chi connectivity index (χ4n) is 2.22. The minimum Gasteiger partial charge on any atom is -0.449 e. The van der Waals surface area contributed by atoms with Gasteiger partial charge in [-0.25, -0.2) is 4.79 Å². The highest BCUT2D eigenvalue weighted by Crippen LogP contribution is 2.26. The Kier molecular flexibility index (Phi) is 7.59. The first-order valence-electron chi connectivity index (χ1n) is 8.11. The fraction of sp³-hybridized carbons (Fsp3) is 0.278. The molecular weight excluding hydrogens is 412 g/mol. The van der Waals surface area contributed by atoms with E-state index in [1.54, 1.807) is 14.0 Å². The number of alkyl halides is 2. The predicted molar refractivity (Wildman–Crippen MR) is 104 cm³/mol. The van der Waals surface area contributed by atoms with Gasteiger partial charge < -0.3 is 10.1 Å². The number of anilines is 1. The molecule has 0 aliphatic rings. The molecule has 6 nitrogen and oxygen atoms in total. The molecule has 1 heterocycles. The molecule has 1 amide bonds. The summed E-state index contributed by atoms with van der Waals surface area (Å²) in [4.78, 5) is 24.4. The summed E-state index contributed by atoms with van der Waals surface area (Å²) in [5, 5.41) is 7.05. The largest absolute Gasteiger partial charge is 0.449 e. The second-order valence-electron chi connectivity index (χ2n) is 5.72. The Hall–Kier alpha value is -2.39.